The Hall–Kier alpha value is -1.62. The minimum atomic E-state index is -3.66. The van der Waals surface area contributed by atoms with Crippen molar-refractivity contribution >= 4 is 19.7 Å². The number of amides is 2. The van der Waals surface area contributed by atoms with Gasteiger partial charge in [0, 0.05) is 20.3 Å². The van der Waals surface area contributed by atoms with Crippen molar-refractivity contribution in [3.8, 4) is 0 Å². The van der Waals surface area contributed by atoms with Crippen LogP contribution in [0.15, 0.2) is 30.5 Å². The Morgan fingerprint density at radius 2 is 1.68 bits per heavy atom. The van der Waals surface area contributed by atoms with E-state index in [1.807, 2.05) is 30.3 Å². The number of hydrogen-bond acceptors (Lipinski definition) is 4. The minimum absolute atomic E-state index is 0.282. The molecule has 2 amide bonds. The van der Waals surface area contributed by atoms with Gasteiger partial charge in [0.2, 0.25) is 0 Å². The molecular formula is C18H27N2O4P. The lowest BCUT2D eigenvalue weighted by molar-refractivity contribution is 0.119. The standard InChI is InChI=1S/C18H27N2O4P/c1-13(2)23-25(22,24-14(3)4)17-16-10-8-7-9-15(16)11-12-20(17)18(21)19(5)6/h7-14,17H,1-6H3. The van der Waals surface area contributed by atoms with Gasteiger partial charge in [-0.15, -0.1) is 0 Å². The maximum atomic E-state index is 13.8. The minimum Gasteiger partial charge on any atom is -0.330 e. The summed E-state index contributed by atoms with van der Waals surface area (Å²) < 4.78 is 25.4. The van der Waals surface area contributed by atoms with E-state index in [9.17, 15) is 9.36 Å². The molecule has 1 atom stereocenters. The van der Waals surface area contributed by atoms with Gasteiger partial charge in [-0.25, -0.2) is 4.79 Å². The number of carbonyl (C=O) groups excluding carboxylic acids is 1. The van der Waals surface area contributed by atoms with Crippen LogP contribution in [-0.4, -0.2) is 42.1 Å². The summed E-state index contributed by atoms with van der Waals surface area (Å²) in [7, 11) is -0.346. The molecule has 25 heavy (non-hydrogen) atoms. The third kappa shape index (κ3) is 4.32. The van der Waals surface area contributed by atoms with E-state index in [1.54, 1.807) is 48.0 Å². The van der Waals surface area contributed by atoms with Crippen LogP contribution in [-0.2, 0) is 13.6 Å². The average Bonchev–Trinajstić information content (AvgIpc) is 2.51. The van der Waals surface area contributed by atoms with Gasteiger partial charge in [-0.1, -0.05) is 24.3 Å². The number of fused-ring (bicyclic) bond motifs is 1. The monoisotopic (exact) mass is 366 g/mol. The van der Waals surface area contributed by atoms with Crippen LogP contribution in [0.5, 0.6) is 0 Å². The van der Waals surface area contributed by atoms with Crippen molar-refractivity contribution in [1.29, 1.82) is 0 Å². The molecule has 2 rings (SSSR count). The third-order valence-corrected chi connectivity index (χ3v) is 6.13. The first-order chi connectivity index (χ1) is 11.7. The molecule has 0 radical (unpaired) electrons. The van der Waals surface area contributed by atoms with Crippen LogP contribution in [0.4, 0.5) is 4.79 Å². The molecule has 6 nitrogen and oxygen atoms in total. The number of rotatable bonds is 5. The average molecular weight is 366 g/mol. The molecule has 0 aromatic heterocycles. The summed E-state index contributed by atoms with van der Waals surface area (Å²) in [6, 6.07) is 7.26. The highest BCUT2D eigenvalue weighted by Gasteiger charge is 2.46. The van der Waals surface area contributed by atoms with Gasteiger partial charge in [-0.05, 0) is 44.9 Å². The zero-order chi connectivity index (χ0) is 18.8. The summed E-state index contributed by atoms with van der Waals surface area (Å²) >= 11 is 0. The second-order valence-electron chi connectivity index (χ2n) is 6.75. The smallest absolute Gasteiger partial charge is 0.330 e. The SMILES string of the molecule is CC(C)OP(=O)(OC(C)C)C1c2ccccc2C=CN1C(=O)N(C)C. The molecule has 7 heteroatoms. The maximum Gasteiger partial charge on any atom is 0.358 e. The van der Waals surface area contributed by atoms with E-state index in [0.29, 0.717) is 0 Å². The molecule has 0 spiro atoms. The molecule has 0 N–H and O–H groups in total. The van der Waals surface area contributed by atoms with Crippen LogP contribution < -0.4 is 0 Å². The number of hydrogen-bond donors (Lipinski definition) is 0. The fourth-order valence-corrected chi connectivity index (χ4v) is 5.25. The lowest BCUT2D eigenvalue weighted by atomic mass is 10.0. The summed E-state index contributed by atoms with van der Waals surface area (Å²) in [5, 5.41) is 0. The van der Waals surface area contributed by atoms with Crippen molar-refractivity contribution < 1.29 is 18.4 Å². The highest BCUT2D eigenvalue weighted by atomic mass is 31.2. The lowest BCUT2D eigenvalue weighted by Gasteiger charge is -2.39. The van der Waals surface area contributed by atoms with Gasteiger partial charge in [-0.2, -0.15) is 0 Å². The van der Waals surface area contributed by atoms with E-state index in [1.165, 1.54) is 9.80 Å². The fraction of sp³-hybridized carbons (Fsp3) is 0.500. The van der Waals surface area contributed by atoms with Crippen LogP contribution in [0.3, 0.4) is 0 Å². The molecule has 1 aromatic rings. The van der Waals surface area contributed by atoms with Gasteiger partial charge in [-0.3, -0.25) is 9.46 Å². The third-order valence-electron chi connectivity index (χ3n) is 3.57. The Balaban J connectivity index is 2.61. The predicted octanol–water partition coefficient (Wildman–Crippen LogP) is 4.70. The predicted molar refractivity (Wildman–Crippen MR) is 99.2 cm³/mol. The largest absolute Gasteiger partial charge is 0.358 e. The van der Waals surface area contributed by atoms with Gasteiger partial charge in [0.05, 0.1) is 12.2 Å². The second kappa shape index (κ2) is 7.73. The van der Waals surface area contributed by atoms with Gasteiger partial charge in [0.1, 0.15) is 0 Å². The van der Waals surface area contributed by atoms with Gasteiger partial charge in [0.25, 0.3) is 0 Å². The van der Waals surface area contributed by atoms with Crippen molar-refractivity contribution in [1.82, 2.24) is 9.80 Å². The molecule has 1 heterocycles. The quantitative estimate of drug-likeness (QED) is 0.709. The summed E-state index contributed by atoms with van der Waals surface area (Å²) in [5.74, 6) is -0.826. The van der Waals surface area contributed by atoms with Crippen LogP contribution in [0.2, 0.25) is 0 Å². The first-order valence-electron chi connectivity index (χ1n) is 8.39. The van der Waals surface area contributed by atoms with Crippen LogP contribution in [0.25, 0.3) is 6.08 Å². The van der Waals surface area contributed by atoms with Crippen molar-refractivity contribution in [2.45, 2.75) is 45.7 Å². The molecular weight excluding hydrogens is 339 g/mol. The Morgan fingerprint density at radius 1 is 1.12 bits per heavy atom. The molecule has 1 unspecified atom stereocenters. The molecule has 0 saturated heterocycles. The molecule has 0 aliphatic carbocycles. The number of urea groups is 1. The highest BCUT2D eigenvalue weighted by molar-refractivity contribution is 7.54. The first-order valence-corrected chi connectivity index (χ1v) is 10.00. The maximum absolute atomic E-state index is 13.8. The topological polar surface area (TPSA) is 59.1 Å². The van der Waals surface area contributed by atoms with Crippen molar-refractivity contribution in [2.75, 3.05) is 14.1 Å². The molecule has 1 aliphatic rings. The van der Waals surface area contributed by atoms with Crippen molar-refractivity contribution in [3.05, 3.63) is 41.6 Å². The molecule has 0 saturated carbocycles. The second-order valence-corrected chi connectivity index (χ2v) is 8.74. The van der Waals surface area contributed by atoms with Gasteiger partial charge < -0.3 is 13.9 Å². The van der Waals surface area contributed by atoms with E-state index in [-0.39, 0.29) is 18.2 Å². The van der Waals surface area contributed by atoms with Crippen LogP contribution in [0.1, 0.15) is 44.6 Å². The molecule has 1 aromatic carbocycles. The Morgan fingerprint density at radius 3 is 2.20 bits per heavy atom. The molecule has 0 fully saturated rings. The van der Waals surface area contributed by atoms with E-state index in [0.717, 1.165) is 11.1 Å². The number of carbonyl (C=O) groups is 1. The first kappa shape index (κ1) is 19.7. The Labute approximate surface area is 149 Å². The fourth-order valence-electron chi connectivity index (χ4n) is 2.74. The highest BCUT2D eigenvalue weighted by Crippen LogP contribution is 2.65. The van der Waals surface area contributed by atoms with E-state index >= 15 is 0 Å². The van der Waals surface area contributed by atoms with Gasteiger partial charge in [0.15, 0.2) is 5.78 Å². The molecule has 0 bridgehead atoms. The molecule has 138 valence electrons. The summed E-state index contributed by atoms with van der Waals surface area (Å²) in [6.45, 7) is 7.22. The number of nitrogens with zero attached hydrogens (tertiary/aromatic N) is 2. The van der Waals surface area contributed by atoms with Crippen LogP contribution in [0, 0.1) is 0 Å². The Kier molecular flexibility index (Phi) is 6.09. The summed E-state index contributed by atoms with van der Waals surface area (Å²) in [6.07, 6.45) is 2.87. The zero-order valence-electron chi connectivity index (χ0n) is 15.7. The normalized spacial score (nSPS) is 17.1. The molecule has 1 aliphatic heterocycles. The van der Waals surface area contributed by atoms with Crippen LogP contribution >= 0.6 is 7.60 Å². The Bertz CT molecular complexity index is 686. The lowest BCUT2D eigenvalue weighted by Crippen LogP contribution is -2.40. The summed E-state index contributed by atoms with van der Waals surface area (Å²) in [4.78, 5) is 15.6. The van der Waals surface area contributed by atoms with E-state index < -0.39 is 13.4 Å². The van der Waals surface area contributed by atoms with Gasteiger partial charge >= 0.3 is 13.6 Å². The summed E-state index contributed by atoms with van der Waals surface area (Å²) in [5.41, 5.74) is 1.65. The van der Waals surface area contributed by atoms with E-state index in [2.05, 4.69) is 0 Å². The van der Waals surface area contributed by atoms with Crippen molar-refractivity contribution in [3.63, 3.8) is 0 Å². The zero-order valence-corrected chi connectivity index (χ0v) is 16.6. The van der Waals surface area contributed by atoms with E-state index in [4.69, 9.17) is 9.05 Å². The van der Waals surface area contributed by atoms with Crippen molar-refractivity contribution in [2.24, 2.45) is 0 Å². The number of benzene rings is 1.